The zero-order valence-electron chi connectivity index (χ0n) is 19.3. The Bertz CT molecular complexity index is 1480. The molecular formula is C27H25ClN6O. The number of benzene rings is 3. The molecule has 176 valence electrons. The molecule has 0 saturated carbocycles. The van der Waals surface area contributed by atoms with Gasteiger partial charge >= 0.3 is 0 Å². The number of anilines is 3. The maximum absolute atomic E-state index is 6.56. The van der Waals surface area contributed by atoms with Gasteiger partial charge in [-0.05, 0) is 42.8 Å². The summed E-state index contributed by atoms with van der Waals surface area (Å²) in [6, 6.07) is 22.1. The fraction of sp³-hybridized carbons (Fsp3) is 0.185. The summed E-state index contributed by atoms with van der Waals surface area (Å²) in [5.41, 5.74) is 6.55. The fourth-order valence-corrected chi connectivity index (χ4v) is 4.65. The second-order valence-electron chi connectivity index (χ2n) is 8.72. The zero-order chi connectivity index (χ0) is 23.8. The number of hydrogen-bond acceptors (Lipinski definition) is 5. The van der Waals surface area contributed by atoms with E-state index in [9.17, 15) is 0 Å². The molecule has 3 aromatic carbocycles. The van der Waals surface area contributed by atoms with Gasteiger partial charge in [0.25, 0.3) is 0 Å². The van der Waals surface area contributed by atoms with Crippen molar-refractivity contribution in [3.63, 3.8) is 0 Å². The highest BCUT2D eigenvalue weighted by Crippen LogP contribution is 2.33. The SMILES string of the molecule is CC1CN(c2nc3c(Nc4ccc(Cl)c(-c5ncc(-c6ccccc6)[nH]5)c4)cccc3[nH]2)CCO1. The molecule has 35 heavy (non-hydrogen) atoms. The Labute approximate surface area is 208 Å². The van der Waals surface area contributed by atoms with Gasteiger partial charge in [-0.15, -0.1) is 0 Å². The molecule has 1 saturated heterocycles. The van der Waals surface area contributed by atoms with Crippen molar-refractivity contribution in [2.75, 3.05) is 29.9 Å². The van der Waals surface area contributed by atoms with Crippen LogP contribution in [-0.4, -0.2) is 45.7 Å². The molecule has 0 amide bonds. The maximum Gasteiger partial charge on any atom is 0.204 e. The maximum atomic E-state index is 6.56. The molecule has 0 aliphatic carbocycles. The highest BCUT2D eigenvalue weighted by molar-refractivity contribution is 6.33. The van der Waals surface area contributed by atoms with E-state index in [-0.39, 0.29) is 6.10 Å². The van der Waals surface area contributed by atoms with Gasteiger partial charge in [0.2, 0.25) is 5.95 Å². The second-order valence-corrected chi connectivity index (χ2v) is 9.13. The highest BCUT2D eigenvalue weighted by Gasteiger charge is 2.20. The topological polar surface area (TPSA) is 81.9 Å². The second kappa shape index (κ2) is 9.09. The van der Waals surface area contributed by atoms with E-state index in [0.29, 0.717) is 11.6 Å². The average Bonchev–Trinajstić information content (AvgIpc) is 3.54. The van der Waals surface area contributed by atoms with Crippen molar-refractivity contribution < 1.29 is 4.74 Å². The Morgan fingerprint density at radius 1 is 1.06 bits per heavy atom. The predicted octanol–water partition coefficient (Wildman–Crippen LogP) is 6.24. The van der Waals surface area contributed by atoms with Crippen molar-refractivity contribution >= 4 is 40.0 Å². The van der Waals surface area contributed by atoms with Crippen LogP contribution in [-0.2, 0) is 4.74 Å². The molecule has 0 spiro atoms. The van der Waals surface area contributed by atoms with Crippen LogP contribution >= 0.6 is 11.6 Å². The first-order chi connectivity index (χ1) is 17.1. The number of aromatic nitrogens is 4. The van der Waals surface area contributed by atoms with E-state index in [4.69, 9.17) is 21.3 Å². The molecular weight excluding hydrogens is 460 g/mol. The molecule has 1 fully saturated rings. The number of H-pyrrole nitrogens is 2. The molecule has 1 aliphatic rings. The smallest absolute Gasteiger partial charge is 0.204 e. The van der Waals surface area contributed by atoms with Gasteiger partial charge in [0.05, 0.1) is 40.8 Å². The molecule has 2 aromatic heterocycles. The number of para-hydroxylation sites is 1. The van der Waals surface area contributed by atoms with Crippen molar-refractivity contribution in [1.82, 2.24) is 19.9 Å². The molecule has 5 aromatic rings. The predicted molar refractivity (Wildman–Crippen MR) is 141 cm³/mol. The lowest BCUT2D eigenvalue weighted by molar-refractivity contribution is 0.0527. The summed E-state index contributed by atoms with van der Waals surface area (Å²) in [5.74, 6) is 1.59. The number of aromatic amines is 2. The van der Waals surface area contributed by atoms with Gasteiger partial charge in [0, 0.05) is 24.3 Å². The van der Waals surface area contributed by atoms with Gasteiger partial charge in [-0.3, -0.25) is 0 Å². The van der Waals surface area contributed by atoms with Gasteiger partial charge in [0.1, 0.15) is 11.3 Å². The summed E-state index contributed by atoms with van der Waals surface area (Å²) >= 11 is 6.56. The summed E-state index contributed by atoms with van der Waals surface area (Å²) < 4.78 is 5.68. The minimum absolute atomic E-state index is 0.186. The van der Waals surface area contributed by atoms with E-state index in [1.54, 1.807) is 0 Å². The quantitative estimate of drug-likeness (QED) is 0.275. The number of rotatable bonds is 5. The highest BCUT2D eigenvalue weighted by atomic mass is 35.5. The van der Waals surface area contributed by atoms with Crippen LogP contribution in [0.4, 0.5) is 17.3 Å². The van der Waals surface area contributed by atoms with Crippen LogP contribution in [0.3, 0.4) is 0 Å². The molecule has 1 atom stereocenters. The van der Waals surface area contributed by atoms with Crippen LogP contribution < -0.4 is 10.2 Å². The molecule has 3 N–H and O–H groups in total. The molecule has 1 unspecified atom stereocenters. The van der Waals surface area contributed by atoms with E-state index < -0.39 is 0 Å². The standard InChI is InChI=1S/C27H25ClN6O/c1-17-16-34(12-13-35-17)27-32-23-9-5-8-22(25(23)33-27)30-19-10-11-21(28)20(14-19)26-29-15-24(31-26)18-6-3-2-4-7-18/h2-11,14-15,17,30H,12-13,16H2,1H3,(H,29,31)(H,32,33). The van der Waals surface area contributed by atoms with Crippen molar-refractivity contribution in [3.05, 3.63) is 77.9 Å². The summed E-state index contributed by atoms with van der Waals surface area (Å²) in [4.78, 5) is 18.6. The largest absolute Gasteiger partial charge is 0.375 e. The van der Waals surface area contributed by atoms with Crippen LogP contribution in [0, 0.1) is 0 Å². The first kappa shape index (κ1) is 21.7. The van der Waals surface area contributed by atoms with Crippen LogP contribution in [0.5, 0.6) is 0 Å². The first-order valence-corrected chi connectivity index (χ1v) is 12.0. The van der Waals surface area contributed by atoms with Crippen molar-refractivity contribution in [2.24, 2.45) is 0 Å². The van der Waals surface area contributed by atoms with Gasteiger partial charge in [-0.1, -0.05) is 48.0 Å². The Morgan fingerprint density at radius 3 is 2.80 bits per heavy atom. The molecule has 6 rings (SSSR count). The minimum Gasteiger partial charge on any atom is -0.375 e. The number of fused-ring (bicyclic) bond motifs is 1. The van der Waals surface area contributed by atoms with Crippen LogP contribution in [0.15, 0.2) is 72.9 Å². The molecule has 8 heteroatoms. The number of halogens is 1. The van der Waals surface area contributed by atoms with Gasteiger partial charge in [-0.25, -0.2) is 9.97 Å². The normalized spacial score (nSPS) is 16.1. The van der Waals surface area contributed by atoms with E-state index in [2.05, 4.69) is 32.1 Å². The number of nitrogens with one attached hydrogen (secondary N) is 3. The fourth-order valence-electron chi connectivity index (χ4n) is 4.44. The lowest BCUT2D eigenvalue weighted by Crippen LogP contribution is -2.41. The summed E-state index contributed by atoms with van der Waals surface area (Å²) in [5, 5.41) is 4.15. The Balaban J connectivity index is 1.30. The third-order valence-electron chi connectivity index (χ3n) is 6.20. The van der Waals surface area contributed by atoms with E-state index >= 15 is 0 Å². The van der Waals surface area contributed by atoms with Crippen molar-refractivity contribution in [3.8, 4) is 22.6 Å². The first-order valence-electron chi connectivity index (χ1n) is 11.7. The molecule has 0 radical (unpaired) electrons. The zero-order valence-corrected chi connectivity index (χ0v) is 20.0. The number of nitrogens with zero attached hydrogens (tertiary/aromatic N) is 3. The Kier molecular flexibility index (Phi) is 5.64. The van der Waals surface area contributed by atoms with Crippen LogP contribution in [0.25, 0.3) is 33.7 Å². The summed E-state index contributed by atoms with van der Waals surface area (Å²) in [6.45, 7) is 4.43. The lowest BCUT2D eigenvalue weighted by atomic mass is 10.1. The monoisotopic (exact) mass is 484 g/mol. The molecule has 1 aliphatic heterocycles. The van der Waals surface area contributed by atoms with Gasteiger partial charge in [0.15, 0.2) is 0 Å². The summed E-state index contributed by atoms with van der Waals surface area (Å²) in [6.07, 6.45) is 2.02. The average molecular weight is 485 g/mol. The van der Waals surface area contributed by atoms with E-state index in [0.717, 1.165) is 64.1 Å². The number of ether oxygens (including phenoxy) is 1. The van der Waals surface area contributed by atoms with Crippen LogP contribution in [0.2, 0.25) is 5.02 Å². The minimum atomic E-state index is 0.186. The van der Waals surface area contributed by atoms with Crippen molar-refractivity contribution in [2.45, 2.75) is 13.0 Å². The Morgan fingerprint density at radius 2 is 1.94 bits per heavy atom. The molecule has 3 heterocycles. The Hall–Kier alpha value is -3.81. The van der Waals surface area contributed by atoms with Crippen LogP contribution in [0.1, 0.15) is 6.92 Å². The lowest BCUT2D eigenvalue weighted by Gasteiger charge is -2.30. The van der Waals surface area contributed by atoms with Gasteiger partial charge in [-0.2, -0.15) is 0 Å². The van der Waals surface area contributed by atoms with E-state index in [1.165, 1.54) is 0 Å². The third-order valence-corrected chi connectivity index (χ3v) is 6.53. The van der Waals surface area contributed by atoms with Crippen molar-refractivity contribution in [1.29, 1.82) is 0 Å². The molecule has 0 bridgehead atoms. The van der Waals surface area contributed by atoms with E-state index in [1.807, 2.05) is 72.9 Å². The number of imidazole rings is 2. The number of hydrogen-bond donors (Lipinski definition) is 3. The number of morpholine rings is 1. The summed E-state index contributed by atoms with van der Waals surface area (Å²) in [7, 11) is 0. The third kappa shape index (κ3) is 4.36. The molecule has 7 nitrogen and oxygen atoms in total. The van der Waals surface area contributed by atoms with Gasteiger partial charge < -0.3 is 24.9 Å².